The molecule has 2 aliphatic carbocycles. The van der Waals surface area contributed by atoms with E-state index in [0.717, 1.165) is 11.1 Å². The highest BCUT2D eigenvalue weighted by Crippen LogP contribution is 2.48. The van der Waals surface area contributed by atoms with Gasteiger partial charge in [-0.2, -0.15) is 0 Å². The van der Waals surface area contributed by atoms with Gasteiger partial charge in [0.1, 0.15) is 12.2 Å². The number of carbonyl (C=O) groups excluding carboxylic acids is 3. The third kappa shape index (κ3) is 2.75. The van der Waals surface area contributed by atoms with Gasteiger partial charge in [0.25, 0.3) is 0 Å². The molecule has 0 unspecified atom stereocenters. The van der Waals surface area contributed by atoms with E-state index in [9.17, 15) is 14.4 Å². The fraction of sp³-hybridized carbons (Fsp3) is 0.550. The molecule has 0 saturated carbocycles. The summed E-state index contributed by atoms with van der Waals surface area (Å²) in [5, 5.41) is 0. The van der Waals surface area contributed by atoms with E-state index >= 15 is 0 Å². The first-order valence-electron chi connectivity index (χ1n) is 8.72. The molecule has 25 heavy (non-hydrogen) atoms. The summed E-state index contributed by atoms with van der Waals surface area (Å²) in [5.74, 6) is -1.55. The van der Waals surface area contributed by atoms with Gasteiger partial charge in [0.15, 0.2) is 5.78 Å². The van der Waals surface area contributed by atoms with Crippen molar-refractivity contribution in [1.82, 2.24) is 0 Å². The zero-order chi connectivity index (χ0) is 18.5. The fourth-order valence-corrected chi connectivity index (χ4v) is 4.26. The van der Waals surface area contributed by atoms with Crippen molar-refractivity contribution in [2.75, 3.05) is 0 Å². The highest BCUT2D eigenvalue weighted by atomic mass is 16.6. The van der Waals surface area contributed by atoms with E-state index < -0.39 is 12.2 Å². The molecular weight excluding hydrogens is 320 g/mol. The molecule has 1 saturated heterocycles. The number of allylic oxidation sites excluding steroid dienone is 2. The predicted octanol–water partition coefficient (Wildman–Crippen LogP) is 2.91. The summed E-state index contributed by atoms with van der Waals surface area (Å²) in [6.45, 7) is 9.09. The van der Waals surface area contributed by atoms with Crippen LogP contribution in [0.4, 0.5) is 0 Å². The van der Waals surface area contributed by atoms with Gasteiger partial charge in [-0.1, -0.05) is 24.1 Å². The lowest BCUT2D eigenvalue weighted by Crippen LogP contribution is -2.38. The minimum absolute atomic E-state index is 0.0223. The quantitative estimate of drug-likeness (QED) is 0.569. The van der Waals surface area contributed by atoms with Crippen molar-refractivity contribution in [3.63, 3.8) is 0 Å². The topological polar surface area (TPSA) is 69.7 Å². The summed E-state index contributed by atoms with van der Waals surface area (Å²) in [4.78, 5) is 37.0. The van der Waals surface area contributed by atoms with E-state index in [4.69, 9.17) is 9.47 Å². The van der Waals surface area contributed by atoms with Crippen LogP contribution in [0.2, 0.25) is 0 Å². The van der Waals surface area contributed by atoms with Crippen molar-refractivity contribution < 1.29 is 23.9 Å². The molecule has 1 fully saturated rings. The van der Waals surface area contributed by atoms with Crippen LogP contribution in [0.3, 0.4) is 0 Å². The maximum absolute atomic E-state index is 12.4. The number of rotatable bonds is 2. The van der Waals surface area contributed by atoms with Crippen molar-refractivity contribution in [2.24, 2.45) is 17.8 Å². The van der Waals surface area contributed by atoms with Crippen LogP contribution >= 0.6 is 0 Å². The minimum atomic E-state index is -0.479. The Morgan fingerprint density at radius 2 is 2.00 bits per heavy atom. The Bertz CT molecular complexity index is 739. The largest absolute Gasteiger partial charge is 0.461 e. The maximum Gasteiger partial charge on any atom is 0.333 e. The molecule has 0 aromatic rings. The Hall–Kier alpha value is -2.17. The van der Waals surface area contributed by atoms with Crippen LogP contribution in [-0.4, -0.2) is 29.9 Å². The summed E-state index contributed by atoms with van der Waals surface area (Å²) in [5.41, 5.74) is 3.05. The van der Waals surface area contributed by atoms with Gasteiger partial charge < -0.3 is 9.47 Å². The zero-order valence-corrected chi connectivity index (χ0v) is 15.3. The average Bonchev–Trinajstić information content (AvgIpc) is 2.96. The molecule has 0 bridgehead atoms. The lowest BCUT2D eigenvalue weighted by atomic mass is 9.79. The van der Waals surface area contributed by atoms with Crippen molar-refractivity contribution in [2.45, 2.75) is 53.2 Å². The molecule has 0 aromatic carbocycles. The van der Waals surface area contributed by atoms with E-state index in [2.05, 4.69) is 0 Å². The van der Waals surface area contributed by atoms with Crippen molar-refractivity contribution in [3.05, 3.63) is 34.4 Å². The molecule has 5 atom stereocenters. The molecule has 0 amide bonds. The van der Waals surface area contributed by atoms with Gasteiger partial charge in [-0.15, -0.1) is 0 Å². The van der Waals surface area contributed by atoms with Gasteiger partial charge >= 0.3 is 11.9 Å². The van der Waals surface area contributed by atoms with Crippen LogP contribution in [0.5, 0.6) is 0 Å². The first kappa shape index (κ1) is 17.6. The molecule has 134 valence electrons. The van der Waals surface area contributed by atoms with Gasteiger partial charge in [0, 0.05) is 29.4 Å². The van der Waals surface area contributed by atoms with E-state index in [1.807, 2.05) is 20.8 Å². The summed E-state index contributed by atoms with van der Waals surface area (Å²) in [6, 6.07) is 0. The fourth-order valence-electron chi connectivity index (χ4n) is 4.26. The lowest BCUT2D eigenvalue weighted by molar-refractivity contribution is -0.148. The molecule has 1 aliphatic heterocycles. The number of ketones is 1. The van der Waals surface area contributed by atoms with Crippen molar-refractivity contribution >= 4 is 17.7 Å². The van der Waals surface area contributed by atoms with Gasteiger partial charge in [0.05, 0.1) is 5.92 Å². The van der Waals surface area contributed by atoms with E-state index in [-0.39, 0.29) is 35.5 Å². The van der Waals surface area contributed by atoms with E-state index in [0.29, 0.717) is 17.6 Å². The molecule has 3 aliphatic rings. The maximum atomic E-state index is 12.4. The number of esters is 2. The Kier molecular flexibility index (Phi) is 4.43. The highest BCUT2D eigenvalue weighted by Gasteiger charge is 2.55. The SMILES string of the molecule is C/C=C(\C)C(=O)O[C@H]1CC(C)=C2C(=O)C=C(C)[C@@H]2[C@H]2OC(=O)[C@@H](C)[C@@H]21. The molecule has 5 nitrogen and oxygen atoms in total. The van der Waals surface area contributed by atoms with Crippen LogP contribution in [0.25, 0.3) is 0 Å². The van der Waals surface area contributed by atoms with Crippen LogP contribution < -0.4 is 0 Å². The van der Waals surface area contributed by atoms with Gasteiger partial charge in [-0.3, -0.25) is 9.59 Å². The molecule has 0 spiro atoms. The summed E-state index contributed by atoms with van der Waals surface area (Å²) < 4.78 is 11.4. The van der Waals surface area contributed by atoms with Crippen molar-refractivity contribution in [3.8, 4) is 0 Å². The monoisotopic (exact) mass is 344 g/mol. The van der Waals surface area contributed by atoms with Gasteiger partial charge in [-0.25, -0.2) is 4.79 Å². The first-order chi connectivity index (χ1) is 11.8. The number of carbonyl (C=O) groups is 3. The Morgan fingerprint density at radius 3 is 2.64 bits per heavy atom. The zero-order valence-electron chi connectivity index (χ0n) is 15.3. The average molecular weight is 344 g/mol. The molecule has 0 N–H and O–H groups in total. The van der Waals surface area contributed by atoms with E-state index in [1.54, 1.807) is 26.0 Å². The second kappa shape index (κ2) is 6.28. The predicted molar refractivity (Wildman–Crippen MR) is 91.4 cm³/mol. The molecule has 1 heterocycles. The van der Waals surface area contributed by atoms with Crippen LogP contribution in [0, 0.1) is 17.8 Å². The number of fused-ring (bicyclic) bond motifs is 3. The normalized spacial score (nSPS) is 35.0. The molecule has 0 radical (unpaired) electrons. The number of hydrogen-bond acceptors (Lipinski definition) is 5. The second-order valence-electron chi connectivity index (χ2n) is 7.31. The molecular formula is C20H24O5. The molecule has 0 aromatic heterocycles. The van der Waals surface area contributed by atoms with E-state index in [1.165, 1.54) is 0 Å². The van der Waals surface area contributed by atoms with Gasteiger partial charge in [0.2, 0.25) is 0 Å². The highest BCUT2D eigenvalue weighted by molar-refractivity contribution is 6.09. The summed E-state index contributed by atoms with van der Waals surface area (Å²) in [6.07, 6.45) is 2.85. The number of ether oxygens (including phenoxy) is 2. The Labute approximate surface area is 147 Å². The standard InChI is InChI=1S/C20H24O5/c1-6-9(2)19(22)24-14-8-11(4)15-13(21)7-10(3)16(15)18-17(14)12(5)20(23)25-18/h6-7,12,14,16-18H,8H2,1-5H3/b9-6+/t12-,14-,16-,17+,18+/m0/s1. The minimum Gasteiger partial charge on any atom is -0.461 e. The van der Waals surface area contributed by atoms with Crippen LogP contribution in [0.15, 0.2) is 34.4 Å². The number of hydrogen-bond donors (Lipinski definition) is 0. The molecule has 3 rings (SSSR count). The smallest absolute Gasteiger partial charge is 0.333 e. The first-order valence-corrected chi connectivity index (χ1v) is 8.72. The Morgan fingerprint density at radius 1 is 1.32 bits per heavy atom. The van der Waals surface area contributed by atoms with Crippen molar-refractivity contribution in [1.29, 1.82) is 0 Å². The van der Waals surface area contributed by atoms with Crippen LogP contribution in [0.1, 0.15) is 41.0 Å². The third-order valence-corrected chi connectivity index (χ3v) is 5.74. The van der Waals surface area contributed by atoms with Crippen LogP contribution in [-0.2, 0) is 23.9 Å². The lowest BCUT2D eigenvalue weighted by Gasteiger charge is -2.29. The van der Waals surface area contributed by atoms with Gasteiger partial charge in [-0.05, 0) is 33.8 Å². The Balaban J connectivity index is 2.02. The summed E-state index contributed by atoms with van der Waals surface area (Å²) >= 11 is 0. The summed E-state index contributed by atoms with van der Waals surface area (Å²) in [7, 11) is 0. The third-order valence-electron chi connectivity index (χ3n) is 5.74. The second-order valence-corrected chi connectivity index (χ2v) is 7.31. The molecule has 5 heteroatoms.